The number of aryl methyl sites for hydroxylation is 2. The molecule has 0 aliphatic rings. The number of benzene rings is 2. The zero-order valence-corrected chi connectivity index (χ0v) is 11.2. The lowest BCUT2D eigenvalue weighted by Gasteiger charge is -2.07. The summed E-state index contributed by atoms with van der Waals surface area (Å²) in [5.41, 5.74) is 2.36. The quantitative estimate of drug-likeness (QED) is 0.825. The first-order valence-corrected chi connectivity index (χ1v) is 7.44. The summed E-state index contributed by atoms with van der Waals surface area (Å²) in [4.78, 5) is 17.4. The Hall–Kier alpha value is -1.61. The van der Waals surface area contributed by atoms with Gasteiger partial charge in [-0.3, -0.25) is 9.79 Å². The zero-order valence-electron chi connectivity index (χ0n) is 10.3. The second kappa shape index (κ2) is 6.02. The predicted octanol–water partition coefficient (Wildman–Crippen LogP) is 2.94. The van der Waals surface area contributed by atoms with Crippen LogP contribution in [0.25, 0.3) is 0 Å². The van der Waals surface area contributed by atoms with Crippen molar-refractivity contribution in [2.45, 2.75) is 12.8 Å². The van der Waals surface area contributed by atoms with Crippen LogP contribution >= 0.6 is 7.82 Å². The van der Waals surface area contributed by atoms with Gasteiger partial charge in [-0.1, -0.05) is 42.5 Å². The van der Waals surface area contributed by atoms with Gasteiger partial charge in [-0.2, -0.15) is 0 Å². The Morgan fingerprint density at radius 1 is 0.842 bits per heavy atom. The molecule has 0 saturated carbocycles. The van der Waals surface area contributed by atoms with Gasteiger partial charge in [0.2, 0.25) is 0 Å². The molecule has 0 unspecified atom stereocenters. The van der Waals surface area contributed by atoms with Crippen LogP contribution in [-0.2, 0) is 17.4 Å². The molecule has 100 valence electrons. The molecule has 0 spiro atoms. The summed E-state index contributed by atoms with van der Waals surface area (Å²) in [6.45, 7) is 0. The second-order valence-corrected chi connectivity index (χ2v) is 5.38. The van der Waals surface area contributed by atoms with Gasteiger partial charge in [0.25, 0.3) is 0 Å². The summed E-state index contributed by atoms with van der Waals surface area (Å²) < 4.78 is 15.2. The molecule has 0 aliphatic carbocycles. The van der Waals surface area contributed by atoms with E-state index in [9.17, 15) is 4.57 Å². The SMILES string of the molecule is O=P(O)(O)Oc1ccc(CCc2ccccc2)cc1. The molecular formula is C14H15O4P. The van der Waals surface area contributed by atoms with E-state index in [1.54, 1.807) is 12.1 Å². The summed E-state index contributed by atoms with van der Waals surface area (Å²) in [7, 11) is -4.47. The molecule has 19 heavy (non-hydrogen) atoms. The highest BCUT2D eigenvalue weighted by Gasteiger charge is 2.15. The van der Waals surface area contributed by atoms with E-state index in [1.165, 1.54) is 5.56 Å². The normalized spacial score (nSPS) is 11.3. The lowest BCUT2D eigenvalue weighted by Crippen LogP contribution is -1.93. The van der Waals surface area contributed by atoms with Crippen LogP contribution in [0.5, 0.6) is 5.75 Å². The lowest BCUT2D eigenvalue weighted by molar-refractivity contribution is 0.283. The molecule has 0 heterocycles. The van der Waals surface area contributed by atoms with Crippen LogP contribution in [0.3, 0.4) is 0 Å². The molecule has 0 fully saturated rings. The summed E-state index contributed by atoms with van der Waals surface area (Å²) in [5, 5.41) is 0. The lowest BCUT2D eigenvalue weighted by atomic mass is 10.0. The Kier molecular flexibility index (Phi) is 4.38. The molecular weight excluding hydrogens is 263 g/mol. The summed E-state index contributed by atoms with van der Waals surface area (Å²) in [5.74, 6) is 0.178. The highest BCUT2D eigenvalue weighted by Crippen LogP contribution is 2.37. The first-order valence-electron chi connectivity index (χ1n) is 5.91. The van der Waals surface area contributed by atoms with Crippen LogP contribution in [0.2, 0.25) is 0 Å². The average Bonchev–Trinajstić information content (AvgIpc) is 2.37. The molecule has 0 atom stereocenters. The predicted molar refractivity (Wildman–Crippen MR) is 73.0 cm³/mol. The summed E-state index contributed by atoms with van der Waals surface area (Å²) >= 11 is 0. The highest BCUT2D eigenvalue weighted by atomic mass is 31.2. The fourth-order valence-corrected chi connectivity index (χ4v) is 2.18. The van der Waals surface area contributed by atoms with Crippen molar-refractivity contribution in [3.8, 4) is 5.75 Å². The van der Waals surface area contributed by atoms with E-state index in [0.717, 1.165) is 18.4 Å². The van der Waals surface area contributed by atoms with Crippen LogP contribution in [0.1, 0.15) is 11.1 Å². The van der Waals surface area contributed by atoms with Crippen molar-refractivity contribution < 1.29 is 18.9 Å². The van der Waals surface area contributed by atoms with E-state index in [1.807, 2.05) is 30.3 Å². The molecule has 2 aromatic carbocycles. The Morgan fingerprint density at radius 3 is 1.89 bits per heavy atom. The smallest absolute Gasteiger partial charge is 0.404 e. The molecule has 5 heteroatoms. The first kappa shape index (κ1) is 13.8. The van der Waals surface area contributed by atoms with Crippen molar-refractivity contribution in [2.75, 3.05) is 0 Å². The van der Waals surface area contributed by atoms with E-state index < -0.39 is 7.82 Å². The second-order valence-electron chi connectivity index (χ2n) is 4.21. The summed E-state index contributed by atoms with van der Waals surface area (Å²) in [6.07, 6.45) is 1.81. The van der Waals surface area contributed by atoms with E-state index >= 15 is 0 Å². The molecule has 0 bridgehead atoms. The van der Waals surface area contributed by atoms with Crippen LogP contribution < -0.4 is 4.52 Å². The molecule has 0 saturated heterocycles. The number of hydrogen-bond acceptors (Lipinski definition) is 2. The van der Waals surface area contributed by atoms with Crippen LogP contribution in [-0.4, -0.2) is 9.79 Å². The van der Waals surface area contributed by atoms with Crippen LogP contribution in [0.4, 0.5) is 0 Å². The molecule has 0 aromatic heterocycles. The fourth-order valence-electron chi connectivity index (χ4n) is 1.79. The van der Waals surface area contributed by atoms with E-state index in [4.69, 9.17) is 9.79 Å². The maximum atomic E-state index is 10.7. The van der Waals surface area contributed by atoms with E-state index in [2.05, 4.69) is 16.7 Å². The largest absolute Gasteiger partial charge is 0.524 e. The van der Waals surface area contributed by atoms with Gasteiger partial charge in [-0.25, -0.2) is 4.57 Å². The van der Waals surface area contributed by atoms with Gasteiger partial charge < -0.3 is 4.52 Å². The van der Waals surface area contributed by atoms with Crippen molar-refractivity contribution in [3.05, 3.63) is 65.7 Å². The van der Waals surface area contributed by atoms with Gasteiger partial charge in [-0.15, -0.1) is 0 Å². The molecule has 2 N–H and O–H groups in total. The minimum Gasteiger partial charge on any atom is -0.404 e. The van der Waals surface area contributed by atoms with Crippen molar-refractivity contribution in [1.82, 2.24) is 0 Å². The molecule has 0 radical (unpaired) electrons. The minimum absolute atomic E-state index is 0.178. The molecule has 2 aromatic rings. The average molecular weight is 278 g/mol. The van der Waals surface area contributed by atoms with Crippen molar-refractivity contribution in [2.24, 2.45) is 0 Å². The third-order valence-electron chi connectivity index (χ3n) is 2.69. The zero-order chi connectivity index (χ0) is 13.7. The number of hydrogen-bond donors (Lipinski definition) is 2. The number of rotatable bonds is 5. The molecule has 2 rings (SSSR count). The van der Waals surface area contributed by atoms with Gasteiger partial charge in [0.05, 0.1) is 0 Å². The van der Waals surface area contributed by atoms with Crippen LogP contribution in [0.15, 0.2) is 54.6 Å². The maximum Gasteiger partial charge on any atom is 0.524 e. The van der Waals surface area contributed by atoms with E-state index in [-0.39, 0.29) is 5.75 Å². The van der Waals surface area contributed by atoms with Gasteiger partial charge in [0.1, 0.15) is 5.75 Å². The molecule has 0 amide bonds. The maximum absolute atomic E-state index is 10.7. The first-order chi connectivity index (χ1) is 9.03. The topological polar surface area (TPSA) is 66.8 Å². The summed E-state index contributed by atoms with van der Waals surface area (Å²) in [6, 6.07) is 16.9. The van der Waals surface area contributed by atoms with Crippen molar-refractivity contribution in [3.63, 3.8) is 0 Å². The van der Waals surface area contributed by atoms with Crippen molar-refractivity contribution >= 4 is 7.82 Å². The standard InChI is InChI=1S/C14H15O4P/c15-19(16,17)18-14-10-8-13(9-11-14)7-6-12-4-2-1-3-5-12/h1-5,8-11H,6-7H2,(H2,15,16,17). The fraction of sp³-hybridized carbons (Fsp3) is 0.143. The highest BCUT2D eigenvalue weighted by molar-refractivity contribution is 7.46. The minimum atomic E-state index is -4.47. The van der Waals surface area contributed by atoms with Gasteiger partial charge >= 0.3 is 7.82 Å². The number of phosphoric acid groups is 1. The Balaban J connectivity index is 1.94. The van der Waals surface area contributed by atoms with Crippen LogP contribution in [0, 0.1) is 0 Å². The third-order valence-corrected chi connectivity index (χ3v) is 3.14. The van der Waals surface area contributed by atoms with Gasteiger partial charge in [0.15, 0.2) is 0 Å². The van der Waals surface area contributed by atoms with Gasteiger partial charge in [-0.05, 0) is 36.1 Å². The monoisotopic (exact) mass is 278 g/mol. The number of phosphoric ester groups is 1. The Bertz CT molecular complexity index is 560. The molecule has 4 nitrogen and oxygen atoms in total. The Morgan fingerprint density at radius 2 is 1.37 bits per heavy atom. The van der Waals surface area contributed by atoms with E-state index in [0.29, 0.717) is 0 Å². The van der Waals surface area contributed by atoms with Crippen molar-refractivity contribution in [1.29, 1.82) is 0 Å². The molecule has 0 aliphatic heterocycles. The third kappa shape index (κ3) is 4.87. The Labute approximate surface area is 111 Å². The van der Waals surface area contributed by atoms with Gasteiger partial charge in [0, 0.05) is 0 Å².